The Labute approximate surface area is 120 Å². The molecule has 2 atom stereocenters. The first-order valence-corrected chi connectivity index (χ1v) is 7.79. The van der Waals surface area contributed by atoms with E-state index in [1.807, 2.05) is 0 Å². The van der Waals surface area contributed by atoms with Gasteiger partial charge in [-0.05, 0) is 51.1 Å². The molecule has 0 aromatic rings. The van der Waals surface area contributed by atoms with Gasteiger partial charge in [0.25, 0.3) is 0 Å². The number of aliphatic carboxylic acids is 1. The quantitative estimate of drug-likeness (QED) is 0.798. The maximum atomic E-state index is 12.0. The third kappa shape index (κ3) is 4.20. The molecule has 2 unspecified atom stereocenters. The van der Waals surface area contributed by atoms with Gasteiger partial charge in [0, 0.05) is 19.0 Å². The summed E-state index contributed by atoms with van der Waals surface area (Å²) >= 11 is 0. The molecule has 5 heteroatoms. The van der Waals surface area contributed by atoms with Crippen molar-refractivity contribution in [2.45, 2.75) is 39.0 Å². The Bertz CT molecular complexity index is 351. The van der Waals surface area contributed by atoms with Crippen LogP contribution in [0.4, 0.5) is 0 Å². The molecule has 1 aliphatic heterocycles. The molecule has 20 heavy (non-hydrogen) atoms. The lowest BCUT2D eigenvalue weighted by Crippen LogP contribution is -2.40. The summed E-state index contributed by atoms with van der Waals surface area (Å²) in [6.07, 6.45) is 4.34. The summed E-state index contributed by atoms with van der Waals surface area (Å²) < 4.78 is 0. The van der Waals surface area contributed by atoms with Crippen LogP contribution in [0.3, 0.4) is 0 Å². The summed E-state index contributed by atoms with van der Waals surface area (Å²) in [7, 11) is 0. The molecular weight excluding hydrogens is 256 g/mol. The number of carboxylic acid groups (broad SMARTS) is 1. The first-order chi connectivity index (χ1) is 9.56. The molecule has 2 rings (SSSR count). The lowest BCUT2D eigenvalue weighted by Gasteiger charge is -2.30. The summed E-state index contributed by atoms with van der Waals surface area (Å²) in [5.74, 6) is -0.319. The highest BCUT2D eigenvalue weighted by molar-refractivity contribution is 5.80. The van der Waals surface area contributed by atoms with Crippen molar-refractivity contribution in [3.05, 3.63) is 0 Å². The molecule has 0 aromatic carbocycles. The van der Waals surface area contributed by atoms with Gasteiger partial charge in [-0.2, -0.15) is 0 Å². The minimum Gasteiger partial charge on any atom is -0.481 e. The normalized spacial score (nSPS) is 28.4. The molecule has 0 aromatic heterocycles. The molecule has 114 valence electrons. The van der Waals surface area contributed by atoms with Crippen LogP contribution in [0.1, 0.15) is 39.0 Å². The van der Waals surface area contributed by atoms with Crippen LogP contribution >= 0.6 is 0 Å². The van der Waals surface area contributed by atoms with Gasteiger partial charge in [-0.3, -0.25) is 9.59 Å². The summed E-state index contributed by atoms with van der Waals surface area (Å²) in [6, 6.07) is 0. The van der Waals surface area contributed by atoms with E-state index in [0.29, 0.717) is 25.8 Å². The molecule has 2 N–H and O–H groups in total. The van der Waals surface area contributed by atoms with E-state index < -0.39 is 5.97 Å². The Morgan fingerprint density at radius 3 is 2.40 bits per heavy atom. The van der Waals surface area contributed by atoms with Crippen molar-refractivity contribution in [2.75, 3.05) is 26.2 Å². The predicted octanol–water partition coefficient (Wildman–Crippen LogP) is 1.34. The highest BCUT2D eigenvalue weighted by atomic mass is 16.4. The maximum absolute atomic E-state index is 12.0. The van der Waals surface area contributed by atoms with Crippen molar-refractivity contribution in [1.29, 1.82) is 0 Å². The fraction of sp³-hybridized carbons (Fsp3) is 0.867. The minimum atomic E-state index is -0.761. The van der Waals surface area contributed by atoms with E-state index in [-0.39, 0.29) is 17.7 Å². The van der Waals surface area contributed by atoms with Crippen molar-refractivity contribution in [2.24, 2.45) is 17.8 Å². The molecule has 5 nitrogen and oxygen atoms in total. The van der Waals surface area contributed by atoms with Gasteiger partial charge in [-0.25, -0.2) is 0 Å². The highest BCUT2D eigenvalue weighted by Gasteiger charge is 2.33. The molecule has 1 saturated carbocycles. The van der Waals surface area contributed by atoms with Crippen molar-refractivity contribution in [1.82, 2.24) is 10.2 Å². The number of likely N-dealkylation sites (tertiary alicyclic amines) is 1. The molecule has 1 aliphatic carbocycles. The monoisotopic (exact) mass is 282 g/mol. The van der Waals surface area contributed by atoms with E-state index in [1.165, 1.54) is 12.8 Å². The molecule has 1 heterocycles. The van der Waals surface area contributed by atoms with Crippen molar-refractivity contribution < 1.29 is 14.7 Å². The molecule has 0 bridgehead atoms. The molecule has 2 fully saturated rings. The van der Waals surface area contributed by atoms with Gasteiger partial charge in [0.1, 0.15) is 0 Å². The van der Waals surface area contributed by atoms with Crippen LogP contribution in [0.2, 0.25) is 0 Å². The lowest BCUT2D eigenvalue weighted by molar-refractivity contribution is -0.141. The second-order valence-electron chi connectivity index (χ2n) is 6.36. The van der Waals surface area contributed by atoms with E-state index in [4.69, 9.17) is 5.11 Å². The number of amides is 1. The Hall–Kier alpha value is -1.10. The number of rotatable bonds is 5. The number of hydrogen-bond donors (Lipinski definition) is 2. The second kappa shape index (κ2) is 7.07. The standard InChI is InChI=1S/C15H26N2O3/c1-11-4-7-17(8-5-11)9-6-16-14(18)12-2-3-13(10-12)15(19)20/h11-13H,2-10H2,1H3,(H,16,18)(H,19,20). The Kier molecular flexibility index (Phi) is 5.40. The van der Waals surface area contributed by atoms with Gasteiger partial charge in [0.05, 0.1) is 5.92 Å². The fourth-order valence-electron chi connectivity index (χ4n) is 3.21. The van der Waals surface area contributed by atoms with Crippen LogP contribution in [-0.2, 0) is 9.59 Å². The summed E-state index contributed by atoms with van der Waals surface area (Å²) in [6.45, 7) is 6.14. The van der Waals surface area contributed by atoms with Gasteiger partial charge in [-0.1, -0.05) is 6.92 Å². The van der Waals surface area contributed by atoms with E-state index in [2.05, 4.69) is 17.1 Å². The zero-order chi connectivity index (χ0) is 14.5. The van der Waals surface area contributed by atoms with Crippen molar-refractivity contribution in [3.8, 4) is 0 Å². The van der Waals surface area contributed by atoms with Gasteiger partial charge >= 0.3 is 5.97 Å². The summed E-state index contributed by atoms with van der Waals surface area (Å²) in [5.41, 5.74) is 0. The van der Waals surface area contributed by atoms with E-state index in [0.717, 1.165) is 25.6 Å². The molecule has 2 aliphatic rings. The third-order valence-corrected chi connectivity index (χ3v) is 4.76. The molecule has 1 amide bonds. The average molecular weight is 282 g/mol. The number of carbonyl (C=O) groups is 2. The van der Waals surface area contributed by atoms with Crippen LogP contribution in [0.15, 0.2) is 0 Å². The molecule has 1 saturated heterocycles. The second-order valence-corrected chi connectivity index (χ2v) is 6.36. The Morgan fingerprint density at radius 2 is 1.80 bits per heavy atom. The largest absolute Gasteiger partial charge is 0.481 e. The highest BCUT2D eigenvalue weighted by Crippen LogP contribution is 2.31. The summed E-state index contributed by atoms with van der Waals surface area (Å²) in [5, 5.41) is 11.9. The molecular formula is C15H26N2O3. The lowest BCUT2D eigenvalue weighted by atomic mass is 9.99. The maximum Gasteiger partial charge on any atom is 0.306 e. The van der Waals surface area contributed by atoms with Crippen LogP contribution in [0.5, 0.6) is 0 Å². The van der Waals surface area contributed by atoms with Gasteiger partial charge in [0.15, 0.2) is 0 Å². The number of piperidine rings is 1. The molecule has 0 radical (unpaired) electrons. The predicted molar refractivity (Wildman–Crippen MR) is 76.3 cm³/mol. The van der Waals surface area contributed by atoms with Gasteiger partial charge in [-0.15, -0.1) is 0 Å². The first kappa shape index (κ1) is 15.3. The van der Waals surface area contributed by atoms with Crippen LogP contribution in [-0.4, -0.2) is 48.1 Å². The fourth-order valence-corrected chi connectivity index (χ4v) is 3.21. The number of hydrogen-bond acceptors (Lipinski definition) is 3. The van der Waals surface area contributed by atoms with Crippen LogP contribution < -0.4 is 5.32 Å². The van der Waals surface area contributed by atoms with Crippen LogP contribution in [0.25, 0.3) is 0 Å². The zero-order valence-electron chi connectivity index (χ0n) is 12.3. The Morgan fingerprint density at radius 1 is 1.15 bits per heavy atom. The number of carbonyl (C=O) groups excluding carboxylic acids is 1. The smallest absolute Gasteiger partial charge is 0.306 e. The number of carboxylic acids is 1. The zero-order valence-corrected chi connectivity index (χ0v) is 12.3. The summed E-state index contributed by atoms with van der Waals surface area (Å²) in [4.78, 5) is 25.3. The Balaban J connectivity index is 1.62. The number of nitrogens with one attached hydrogen (secondary N) is 1. The van der Waals surface area contributed by atoms with Crippen molar-refractivity contribution >= 4 is 11.9 Å². The average Bonchev–Trinajstić information content (AvgIpc) is 2.91. The number of nitrogens with zero attached hydrogens (tertiary/aromatic N) is 1. The van der Waals surface area contributed by atoms with Gasteiger partial charge in [0.2, 0.25) is 5.91 Å². The van der Waals surface area contributed by atoms with Crippen molar-refractivity contribution in [3.63, 3.8) is 0 Å². The SMILES string of the molecule is CC1CCN(CCNC(=O)C2CCC(C(=O)O)C2)CC1. The van der Waals surface area contributed by atoms with Gasteiger partial charge < -0.3 is 15.3 Å². The minimum absolute atomic E-state index is 0.0409. The third-order valence-electron chi connectivity index (χ3n) is 4.76. The van der Waals surface area contributed by atoms with Crippen LogP contribution in [0, 0.1) is 17.8 Å². The molecule has 0 spiro atoms. The van der Waals surface area contributed by atoms with E-state index in [9.17, 15) is 9.59 Å². The van der Waals surface area contributed by atoms with E-state index >= 15 is 0 Å². The topological polar surface area (TPSA) is 69.6 Å². The first-order valence-electron chi connectivity index (χ1n) is 7.79. The van der Waals surface area contributed by atoms with E-state index in [1.54, 1.807) is 0 Å².